The second-order valence-corrected chi connectivity index (χ2v) is 5.57. The summed E-state index contributed by atoms with van der Waals surface area (Å²) in [5, 5.41) is 11.3. The summed E-state index contributed by atoms with van der Waals surface area (Å²) >= 11 is 1.47. The molecule has 1 aromatic rings. The lowest BCUT2D eigenvalue weighted by Gasteiger charge is -2.05. The number of thioether (sulfide) groups is 1. The summed E-state index contributed by atoms with van der Waals surface area (Å²) in [7, 11) is 1.62. The minimum absolute atomic E-state index is 0.00551. The van der Waals surface area contributed by atoms with Crippen LogP contribution in [0.1, 0.15) is 25.7 Å². The SMILES string of the molecule is COc1ccc(SCC(=O)NCCCCCC(=O)O)cc1. The van der Waals surface area contributed by atoms with E-state index in [1.807, 2.05) is 24.3 Å². The van der Waals surface area contributed by atoms with Gasteiger partial charge in [-0.1, -0.05) is 6.42 Å². The van der Waals surface area contributed by atoms with Gasteiger partial charge in [0.05, 0.1) is 12.9 Å². The first-order valence-corrected chi connectivity index (χ1v) is 7.85. The fraction of sp³-hybridized carbons (Fsp3) is 0.467. The van der Waals surface area contributed by atoms with Crippen molar-refractivity contribution in [1.29, 1.82) is 0 Å². The Labute approximate surface area is 129 Å². The number of amides is 1. The summed E-state index contributed by atoms with van der Waals surface area (Å²) in [5.74, 6) is 0.399. The number of carbonyl (C=O) groups excluding carboxylic acids is 1. The molecule has 1 aromatic carbocycles. The van der Waals surface area contributed by atoms with Crippen LogP contribution in [0, 0.1) is 0 Å². The van der Waals surface area contributed by atoms with Gasteiger partial charge in [0, 0.05) is 17.9 Å². The third kappa shape index (κ3) is 8.24. The van der Waals surface area contributed by atoms with Gasteiger partial charge in [0.2, 0.25) is 5.91 Å². The number of unbranched alkanes of at least 4 members (excludes halogenated alkanes) is 2. The molecule has 0 aliphatic heterocycles. The van der Waals surface area contributed by atoms with E-state index in [2.05, 4.69) is 5.32 Å². The third-order valence-electron chi connectivity index (χ3n) is 2.82. The summed E-state index contributed by atoms with van der Waals surface area (Å²) in [6.07, 6.45) is 2.48. The lowest BCUT2D eigenvalue weighted by atomic mass is 10.2. The first-order valence-electron chi connectivity index (χ1n) is 6.87. The van der Waals surface area contributed by atoms with Crippen molar-refractivity contribution in [3.63, 3.8) is 0 Å². The number of hydrogen-bond acceptors (Lipinski definition) is 4. The maximum Gasteiger partial charge on any atom is 0.303 e. The molecule has 0 atom stereocenters. The fourth-order valence-electron chi connectivity index (χ4n) is 1.68. The summed E-state index contributed by atoms with van der Waals surface area (Å²) < 4.78 is 5.07. The molecule has 116 valence electrons. The van der Waals surface area contributed by atoms with E-state index in [1.54, 1.807) is 7.11 Å². The van der Waals surface area contributed by atoms with Gasteiger partial charge in [-0.05, 0) is 37.1 Å². The zero-order valence-electron chi connectivity index (χ0n) is 12.1. The van der Waals surface area contributed by atoms with E-state index in [-0.39, 0.29) is 12.3 Å². The van der Waals surface area contributed by atoms with Crippen molar-refractivity contribution in [1.82, 2.24) is 5.32 Å². The van der Waals surface area contributed by atoms with Gasteiger partial charge in [-0.2, -0.15) is 0 Å². The average molecular weight is 311 g/mol. The Bertz CT molecular complexity index is 447. The maximum absolute atomic E-state index is 11.6. The van der Waals surface area contributed by atoms with Crippen LogP contribution >= 0.6 is 11.8 Å². The van der Waals surface area contributed by atoms with Gasteiger partial charge < -0.3 is 15.2 Å². The molecule has 1 amide bonds. The Kier molecular flexibility index (Phi) is 8.35. The molecule has 6 heteroatoms. The number of hydrogen-bond donors (Lipinski definition) is 2. The maximum atomic E-state index is 11.6. The predicted octanol–water partition coefficient (Wildman–Crippen LogP) is 2.55. The van der Waals surface area contributed by atoms with Crippen LogP contribution in [0.2, 0.25) is 0 Å². The molecule has 0 bridgehead atoms. The van der Waals surface area contributed by atoms with Crippen LogP contribution < -0.4 is 10.1 Å². The number of ether oxygens (including phenoxy) is 1. The second kappa shape index (κ2) is 10.1. The molecular weight excluding hydrogens is 290 g/mol. The Balaban J connectivity index is 2.09. The van der Waals surface area contributed by atoms with Crippen LogP contribution in [0.25, 0.3) is 0 Å². The molecule has 0 saturated heterocycles. The van der Waals surface area contributed by atoms with Crippen LogP contribution in [-0.4, -0.2) is 36.4 Å². The number of rotatable bonds is 10. The van der Waals surface area contributed by atoms with Crippen molar-refractivity contribution in [3.05, 3.63) is 24.3 Å². The molecule has 0 saturated carbocycles. The monoisotopic (exact) mass is 311 g/mol. The van der Waals surface area contributed by atoms with E-state index < -0.39 is 5.97 Å². The molecule has 1 rings (SSSR count). The highest BCUT2D eigenvalue weighted by atomic mass is 32.2. The van der Waals surface area contributed by atoms with Gasteiger partial charge in [0.25, 0.3) is 0 Å². The summed E-state index contributed by atoms with van der Waals surface area (Å²) in [6.45, 7) is 0.599. The van der Waals surface area contributed by atoms with E-state index >= 15 is 0 Å². The molecular formula is C15H21NO4S. The molecule has 0 fully saturated rings. The molecule has 0 aliphatic rings. The number of carbonyl (C=O) groups is 2. The molecule has 5 nitrogen and oxygen atoms in total. The van der Waals surface area contributed by atoms with Crippen LogP contribution in [0.4, 0.5) is 0 Å². The largest absolute Gasteiger partial charge is 0.497 e. The molecule has 21 heavy (non-hydrogen) atoms. The molecule has 2 N–H and O–H groups in total. The highest BCUT2D eigenvalue weighted by Crippen LogP contribution is 2.20. The third-order valence-corrected chi connectivity index (χ3v) is 3.83. The van der Waals surface area contributed by atoms with Gasteiger partial charge in [-0.25, -0.2) is 0 Å². The second-order valence-electron chi connectivity index (χ2n) is 4.52. The number of nitrogens with one attached hydrogen (secondary N) is 1. The Hall–Kier alpha value is -1.69. The van der Waals surface area contributed by atoms with Crippen LogP contribution in [0.15, 0.2) is 29.2 Å². The van der Waals surface area contributed by atoms with Crippen LogP contribution in [0.5, 0.6) is 5.75 Å². The summed E-state index contributed by atoms with van der Waals surface area (Å²) in [5.41, 5.74) is 0. The van der Waals surface area contributed by atoms with Gasteiger partial charge in [-0.3, -0.25) is 9.59 Å². The zero-order valence-corrected chi connectivity index (χ0v) is 12.9. The lowest BCUT2D eigenvalue weighted by Crippen LogP contribution is -2.26. The Morgan fingerprint density at radius 1 is 1.19 bits per heavy atom. The minimum atomic E-state index is -0.769. The molecule has 0 radical (unpaired) electrons. The number of benzene rings is 1. The number of aliphatic carboxylic acids is 1. The van der Waals surface area contributed by atoms with Gasteiger partial charge in [-0.15, -0.1) is 11.8 Å². The highest BCUT2D eigenvalue weighted by molar-refractivity contribution is 8.00. The van der Waals surface area contributed by atoms with Crippen LogP contribution in [-0.2, 0) is 9.59 Å². The molecule has 0 heterocycles. The van der Waals surface area contributed by atoms with Crippen molar-refractivity contribution in [3.8, 4) is 5.75 Å². The smallest absolute Gasteiger partial charge is 0.303 e. The van der Waals surface area contributed by atoms with E-state index in [9.17, 15) is 9.59 Å². The first kappa shape index (κ1) is 17.4. The number of methoxy groups -OCH3 is 1. The quantitative estimate of drug-likeness (QED) is 0.513. The van der Waals surface area contributed by atoms with Crippen molar-refractivity contribution < 1.29 is 19.4 Å². The molecule has 0 spiro atoms. The van der Waals surface area contributed by atoms with Gasteiger partial charge >= 0.3 is 5.97 Å². The highest BCUT2D eigenvalue weighted by Gasteiger charge is 2.03. The molecule has 0 aromatic heterocycles. The van der Waals surface area contributed by atoms with Gasteiger partial charge in [0.1, 0.15) is 5.75 Å². The van der Waals surface area contributed by atoms with E-state index in [0.29, 0.717) is 18.7 Å². The van der Waals surface area contributed by atoms with E-state index in [4.69, 9.17) is 9.84 Å². The Morgan fingerprint density at radius 2 is 1.90 bits per heavy atom. The van der Waals surface area contributed by atoms with Gasteiger partial charge in [0.15, 0.2) is 0 Å². The van der Waals surface area contributed by atoms with E-state index in [0.717, 1.165) is 23.5 Å². The topological polar surface area (TPSA) is 75.6 Å². The van der Waals surface area contributed by atoms with Crippen molar-refractivity contribution in [2.24, 2.45) is 0 Å². The van der Waals surface area contributed by atoms with Crippen molar-refractivity contribution in [2.45, 2.75) is 30.6 Å². The van der Waals surface area contributed by atoms with Crippen LogP contribution in [0.3, 0.4) is 0 Å². The number of carboxylic acids is 1. The zero-order chi connectivity index (χ0) is 15.5. The minimum Gasteiger partial charge on any atom is -0.497 e. The lowest BCUT2D eigenvalue weighted by molar-refractivity contribution is -0.137. The van der Waals surface area contributed by atoms with Crippen molar-refractivity contribution >= 4 is 23.6 Å². The fourth-order valence-corrected chi connectivity index (χ4v) is 2.41. The Morgan fingerprint density at radius 3 is 2.52 bits per heavy atom. The molecule has 0 aliphatic carbocycles. The number of carboxylic acid groups (broad SMARTS) is 1. The van der Waals surface area contributed by atoms with Crippen molar-refractivity contribution in [2.75, 3.05) is 19.4 Å². The van der Waals surface area contributed by atoms with E-state index in [1.165, 1.54) is 11.8 Å². The molecule has 0 unspecified atom stereocenters. The summed E-state index contributed by atoms with van der Waals surface area (Å²) in [6, 6.07) is 7.57. The summed E-state index contributed by atoms with van der Waals surface area (Å²) in [4.78, 5) is 23.0. The predicted molar refractivity (Wildman–Crippen MR) is 82.8 cm³/mol. The average Bonchev–Trinajstić information content (AvgIpc) is 2.49. The normalized spacial score (nSPS) is 10.1. The standard InChI is InChI=1S/C15H21NO4S/c1-20-12-6-8-13(9-7-12)21-11-14(17)16-10-4-2-3-5-15(18)19/h6-9H,2-5,10-11H2,1H3,(H,16,17)(H,18,19). The first-order chi connectivity index (χ1) is 10.1.